The molecule has 0 aliphatic carbocycles. The molecule has 2 aromatic heterocycles. The molecule has 1 saturated heterocycles. The molecule has 7 nitrogen and oxygen atoms in total. The molecule has 3 aromatic rings. The number of benzene rings is 1. The quantitative estimate of drug-likeness (QED) is 0.666. The number of rotatable bonds is 5. The second-order valence-corrected chi connectivity index (χ2v) is 5.57. The molecule has 2 atom stereocenters. The summed E-state index contributed by atoms with van der Waals surface area (Å²) in [4.78, 5) is 4.17. The lowest BCUT2D eigenvalue weighted by Gasteiger charge is -2.13. The molecule has 1 fully saturated rings. The summed E-state index contributed by atoms with van der Waals surface area (Å²) in [7, 11) is 0. The number of H-pyrrole nitrogens is 2. The van der Waals surface area contributed by atoms with Gasteiger partial charge in [-0.15, -0.1) is 0 Å². The lowest BCUT2D eigenvalue weighted by atomic mass is 10.1. The fourth-order valence-corrected chi connectivity index (χ4v) is 2.98. The highest BCUT2D eigenvalue weighted by Gasteiger charge is 2.27. The van der Waals surface area contributed by atoms with Gasteiger partial charge in [-0.2, -0.15) is 10.2 Å². The minimum Gasteiger partial charge on any atom is -0.366 e. The number of aromatic amines is 2. The van der Waals surface area contributed by atoms with Crippen LogP contribution < -0.4 is 5.32 Å². The highest BCUT2D eigenvalue weighted by Crippen LogP contribution is 2.30. The Bertz CT molecular complexity index is 737. The van der Waals surface area contributed by atoms with Crippen molar-refractivity contribution in [2.75, 3.05) is 6.54 Å². The van der Waals surface area contributed by atoms with E-state index in [-0.39, 0.29) is 12.2 Å². The molecule has 0 amide bonds. The molecule has 1 aliphatic heterocycles. The van der Waals surface area contributed by atoms with Crippen LogP contribution in [0.4, 0.5) is 0 Å². The van der Waals surface area contributed by atoms with Crippen LogP contribution in [0.5, 0.6) is 0 Å². The van der Waals surface area contributed by atoms with E-state index in [1.165, 1.54) is 17.3 Å². The molecule has 0 bridgehead atoms. The van der Waals surface area contributed by atoms with E-state index in [0.29, 0.717) is 0 Å². The molecule has 114 valence electrons. The van der Waals surface area contributed by atoms with Crippen LogP contribution in [0.1, 0.15) is 30.3 Å². The summed E-state index contributed by atoms with van der Waals surface area (Å²) in [6.45, 7) is 1.64. The van der Waals surface area contributed by atoms with Gasteiger partial charge in [0.05, 0.1) is 17.8 Å². The van der Waals surface area contributed by atoms with Crippen molar-refractivity contribution in [1.29, 1.82) is 0 Å². The maximum Gasteiger partial charge on any atom is 0.153 e. The maximum absolute atomic E-state index is 6.00. The third-order valence-electron chi connectivity index (χ3n) is 4.11. The highest BCUT2D eigenvalue weighted by molar-refractivity contribution is 5.81. The topological polar surface area (TPSA) is 91.5 Å². The first-order valence-electron chi connectivity index (χ1n) is 7.52. The van der Waals surface area contributed by atoms with Crippen molar-refractivity contribution >= 4 is 10.9 Å². The van der Waals surface area contributed by atoms with E-state index in [1.807, 2.05) is 18.3 Å². The molecule has 3 heterocycles. The summed E-state index contributed by atoms with van der Waals surface area (Å²) in [5.74, 6) is 0.825. The van der Waals surface area contributed by atoms with Gasteiger partial charge in [-0.1, -0.05) is 12.1 Å². The van der Waals surface area contributed by atoms with Gasteiger partial charge in [0.25, 0.3) is 0 Å². The molecule has 4 rings (SSSR count). The average Bonchev–Trinajstić information content (AvgIpc) is 3.28. The average molecular weight is 298 g/mol. The second kappa shape index (κ2) is 5.86. The Morgan fingerprint density at radius 2 is 2.23 bits per heavy atom. The number of ether oxygens (including phenoxy) is 1. The van der Waals surface area contributed by atoms with Gasteiger partial charge in [-0.3, -0.25) is 10.2 Å². The molecule has 0 saturated carbocycles. The Morgan fingerprint density at radius 1 is 1.23 bits per heavy atom. The molecule has 7 heteroatoms. The Kier molecular flexibility index (Phi) is 3.57. The van der Waals surface area contributed by atoms with Gasteiger partial charge >= 0.3 is 0 Å². The largest absolute Gasteiger partial charge is 0.366 e. The zero-order valence-corrected chi connectivity index (χ0v) is 12.1. The van der Waals surface area contributed by atoms with Crippen LogP contribution in [-0.2, 0) is 11.3 Å². The first-order chi connectivity index (χ1) is 10.9. The Morgan fingerprint density at radius 3 is 3.14 bits per heavy atom. The summed E-state index contributed by atoms with van der Waals surface area (Å²) in [5.41, 5.74) is 2.32. The molecular formula is C15H18N6O. The molecule has 0 radical (unpaired) electrons. The van der Waals surface area contributed by atoms with Crippen LogP contribution in [0.3, 0.4) is 0 Å². The minimum atomic E-state index is 0.0478. The van der Waals surface area contributed by atoms with Crippen molar-refractivity contribution in [2.45, 2.75) is 31.6 Å². The van der Waals surface area contributed by atoms with E-state index in [0.717, 1.165) is 37.3 Å². The molecule has 1 aromatic carbocycles. The van der Waals surface area contributed by atoms with Crippen LogP contribution in [0, 0.1) is 0 Å². The number of hydrogen-bond donors (Lipinski definition) is 3. The van der Waals surface area contributed by atoms with Crippen molar-refractivity contribution in [3.05, 3.63) is 42.1 Å². The van der Waals surface area contributed by atoms with Gasteiger partial charge in [-0.25, -0.2) is 4.98 Å². The van der Waals surface area contributed by atoms with Gasteiger partial charge < -0.3 is 10.1 Å². The van der Waals surface area contributed by atoms with E-state index in [2.05, 4.69) is 36.8 Å². The van der Waals surface area contributed by atoms with E-state index >= 15 is 0 Å². The monoisotopic (exact) mass is 298 g/mol. The molecular weight excluding hydrogens is 280 g/mol. The summed E-state index contributed by atoms with van der Waals surface area (Å²) < 4.78 is 6.00. The molecule has 3 N–H and O–H groups in total. The van der Waals surface area contributed by atoms with Crippen LogP contribution in [-0.4, -0.2) is 38.0 Å². The zero-order valence-electron chi connectivity index (χ0n) is 12.1. The Labute approximate surface area is 127 Å². The lowest BCUT2D eigenvalue weighted by molar-refractivity contribution is 0.0401. The van der Waals surface area contributed by atoms with Crippen LogP contribution in [0.25, 0.3) is 10.9 Å². The molecule has 0 unspecified atom stereocenters. The minimum absolute atomic E-state index is 0.0478. The first kappa shape index (κ1) is 13.4. The number of nitrogens with zero attached hydrogens (tertiary/aromatic N) is 3. The lowest BCUT2D eigenvalue weighted by Crippen LogP contribution is -2.26. The maximum atomic E-state index is 6.00. The standard InChI is InChI=1S/C15H18N6O/c1-2-10(12-8-18-20-13(12)3-1)6-16-7-11-4-5-14(22-11)15-17-9-19-21-15/h1-3,8-9,11,14,16H,4-7H2,(H,18,20)(H,17,19,21)/t11-,14+/m1/s1. The van der Waals surface area contributed by atoms with Crippen molar-refractivity contribution in [3.63, 3.8) is 0 Å². The fraction of sp³-hybridized carbons (Fsp3) is 0.400. The second-order valence-electron chi connectivity index (χ2n) is 5.57. The van der Waals surface area contributed by atoms with Gasteiger partial charge in [0.2, 0.25) is 0 Å². The van der Waals surface area contributed by atoms with Crippen molar-refractivity contribution in [2.24, 2.45) is 0 Å². The van der Waals surface area contributed by atoms with Gasteiger partial charge in [0.1, 0.15) is 12.4 Å². The fourth-order valence-electron chi connectivity index (χ4n) is 2.98. The van der Waals surface area contributed by atoms with E-state index in [4.69, 9.17) is 4.74 Å². The van der Waals surface area contributed by atoms with Gasteiger partial charge in [-0.05, 0) is 24.5 Å². The summed E-state index contributed by atoms with van der Waals surface area (Å²) in [6, 6.07) is 6.20. The van der Waals surface area contributed by atoms with E-state index in [1.54, 1.807) is 0 Å². The molecule has 22 heavy (non-hydrogen) atoms. The van der Waals surface area contributed by atoms with E-state index < -0.39 is 0 Å². The van der Waals surface area contributed by atoms with Crippen LogP contribution in [0.2, 0.25) is 0 Å². The number of hydrogen-bond acceptors (Lipinski definition) is 5. The first-order valence-corrected chi connectivity index (χ1v) is 7.52. The summed E-state index contributed by atoms with van der Waals surface area (Å²) in [6.07, 6.45) is 5.69. The molecule has 0 spiro atoms. The predicted octanol–water partition coefficient (Wildman–Crippen LogP) is 1.69. The number of nitrogens with one attached hydrogen (secondary N) is 3. The Hall–Kier alpha value is -2.25. The molecule has 1 aliphatic rings. The van der Waals surface area contributed by atoms with E-state index in [9.17, 15) is 0 Å². The van der Waals surface area contributed by atoms with Gasteiger partial charge in [0.15, 0.2) is 5.82 Å². The zero-order chi connectivity index (χ0) is 14.8. The highest BCUT2D eigenvalue weighted by atomic mass is 16.5. The smallest absolute Gasteiger partial charge is 0.153 e. The third kappa shape index (κ3) is 2.60. The number of fused-ring (bicyclic) bond motifs is 1. The summed E-state index contributed by atoms with van der Waals surface area (Å²) >= 11 is 0. The SMILES string of the molecule is c1cc(CNC[C@H]2CC[C@@H](c3ncn[nH]3)O2)c2cn[nH]c2c1. The van der Waals surface area contributed by atoms with Crippen LogP contribution >= 0.6 is 0 Å². The van der Waals surface area contributed by atoms with Gasteiger partial charge in [0, 0.05) is 18.5 Å². The number of aromatic nitrogens is 5. The van der Waals surface area contributed by atoms with Crippen molar-refractivity contribution in [3.8, 4) is 0 Å². The van der Waals surface area contributed by atoms with Crippen LogP contribution in [0.15, 0.2) is 30.7 Å². The Balaban J connectivity index is 1.32. The predicted molar refractivity (Wildman–Crippen MR) is 81.0 cm³/mol. The van der Waals surface area contributed by atoms with Crippen molar-refractivity contribution in [1.82, 2.24) is 30.7 Å². The summed E-state index contributed by atoms with van der Waals surface area (Å²) in [5, 5.41) is 18.5. The third-order valence-corrected chi connectivity index (χ3v) is 4.11. The van der Waals surface area contributed by atoms with Crippen molar-refractivity contribution < 1.29 is 4.74 Å². The normalized spacial score (nSPS) is 21.6.